The third-order valence-corrected chi connectivity index (χ3v) is 3.87. The first-order valence-electron chi connectivity index (χ1n) is 6.37. The zero-order valence-electron chi connectivity index (χ0n) is 11.6. The highest BCUT2D eigenvalue weighted by molar-refractivity contribution is 7.15. The van der Waals surface area contributed by atoms with Crippen molar-refractivity contribution in [1.82, 2.24) is 14.7 Å². The van der Waals surface area contributed by atoms with Crippen LogP contribution in [0.1, 0.15) is 30.6 Å². The molecule has 0 aliphatic heterocycles. The van der Waals surface area contributed by atoms with Crippen LogP contribution in [-0.4, -0.2) is 32.4 Å². The Kier molecular flexibility index (Phi) is 4.37. The molecule has 2 aromatic heterocycles. The van der Waals surface area contributed by atoms with E-state index in [1.807, 2.05) is 0 Å². The summed E-state index contributed by atoms with van der Waals surface area (Å²) in [6, 6.07) is -0.544. The number of carboxylic acids is 1. The van der Waals surface area contributed by atoms with Crippen molar-refractivity contribution >= 4 is 28.2 Å². The quantitative estimate of drug-likeness (QED) is 0.857. The van der Waals surface area contributed by atoms with Crippen LogP contribution in [0.25, 0.3) is 4.96 Å². The summed E-state index contributed by atoms with van der Waals surface area (Å²) in [6.45, 7) is 3.61. The summed E-state index contributed by atoms with van der Waals surface area (Å²) in [5.74, 6) is -1.67. The van der Waals surface area contributed by atoms with Crippen molar-refractivity contribution in [3.63, 3.8) is 0 Å². The summed E-state index contributed by atoms with van der Waals surface area (Å²) in [7, 11) is 0. The normalized spacial score (nSPS) is 12.5. The minimum Gasteiger partial charge on any atom is -0.481 e. The van der Waals surface area contributed by atoms with Gasteiger partial charge in [0.15, 0.2) is 4.96 Å². The lowest BCUT2D eigenvalue weighted by Crippen LogP contribution is -2.42. The summed E-state index contributed by atoms with van der Waals surface area (Å²) in [4.78, 5) is 39.7. The van der Waals surface area contributed by atoms with Gasteiger partial charge in [-0.05, 0) is 5.92 Å². The molecule has 8 heteroatoms. The van der Waals surface area contributed by atoms with E-state index in [0.29, 0.717) is 4.96 Å². The Morgan fingerprint density at radius 2 is 2.19 bits per heavy atom. The molecule has 0 aliphatic carbocycles. The topological polar surface area (TPSA) is 101 Å². The molecule has 21 heavy (non-hydrogen) atoms. The van der Waals surface area contributed by atoms with Crippen LogP contribution in [0.2, 0.25) is 0 Å². The molecule has 2 aromatic rings. The molecule has 7 nitrogen and oxygen atoms in total. The molecule has 2 heterocycles. The Labute approximate surface area is 124 Å². The molecule has 0 bridgehead atoms. The Hall–Kier alpha value is -2.22. The Bertz CT molecular complexity index is 734. The summed E-state index contributed by atoms with van der Waals surface area (Å²) >= 11 is 1.29. The van der Waals surface area contributed by atoms with Gasteiger partial charge in [-0.2, -0.15) is 0 Å². The molecule has 0 saturated carbocycles. The number of aromatic nitrogens is 2. The van der Waals surface area contributed by atoms with Crippen molar-refractivity contribution in [3.05, 3.63) is 33.7 Å². The van der Waals surface area contributed by atoms with E-state index < -0.39 is 23.5 Å². The van der Waals surface area contributed by atoms with Gasteiger partial charge in [0.1, 0.15) is 5.56 Å². The number of nitrogens with one attached hydrogen (secondary N) is 1. The van der Waals surface area contributed by atoms with Gasteiger partial charge < -0.3 is 10.4 Å². The smallest absolute Gasteiger partial charge is 0.305 e. The van der Waals surface area contributed by atoms with Gasteiger partial charge in [-0.1, -0.05) is 13.8 Å². The second kappa shape index (κ2) is 6.04. The van der Waals surface area contributed by atoms with Gasteiger partial charge in [0, 0.05) is 23.8 Å². The summed E-state index contributed by atoms with van der Waals surface area (Å²) in [5.41, 5.74) is -0.557. The van der Waals surface area contributed by atoms with Crippen LogP contribution in [0.4, 0.5) is 0 Å². The first kappa shape index (κ1) is 15.2. The van der Waals surface area contributed by atoms with Gasteiger partial charge in [0.25, 0.3) is 11.5 Å². The molecule has 0 fully saturated rings. The van der Waals surface area contributed by atoms with E-state index in [-0.39, 0.29) is 17.9 Å². The van der Waals surface area contributed by atoms with Gasteiger partial charge in [0.05, 0.1) is 6.42 Å². The van der Waals surface area contributed by atoms with Gasteiger partial charge in [-0.3, -0.25) is 18.8 Å². The van der Waals surface area contributed by atoms with Crippen molar-refractivity contribution in [2.45, 2.75) is 26.3 Å². The Morgan fingerprint density at radius 1 is 1.48 bits per heavy atom. The minimum absolute atomic E-state index is 0.0642. The third kappa shape index (κ3) is 3.27. The first-order valence-corrected chi connectivity index (χ1v) is 7.25. The molecule has 0 aromatic carbocycles. The number of nitrogens with zero attached hydrogens (tertiary/aromatic N) is 2. The van der Waals surface area contributed by atoms with Crippen LogP contribution in [0.15, 0.2) is 22.6 Å². The predicted octanol–water partition coefficient (Wildman–Crippen LogP) is 0.985. The van der Waals surface area contributed by atoms with Crippen molar-refractivity contribution in [2.75, 3.05) is 0 Å². The fraction of sp³-hybridized carbons (Fsp3) is 0.385. The maximum Gasteiger partial charge on any atom is 0.305 e. The fourth-order valence-electron chi connectivity index (χ4n) is 1.87. The molecule has 1 unspecified atom stereocenters. The molecule has 1 amide bonds. The number of carbonyl (C=O) groups is 2. The molecule has 2 rings (SSSR count). The van der Waals surface area contributed by atoms with E-state index in [2.05, 4.69) is 10.3 Å². The highest BCUT2D eigenvalue weighted by Gasteiger charge is 2.22. The van der Waals surface area contributed by atoms with E-state index in [1.165, 1.54) is 21.9 Å². The standard InChI is InChI=1S/C13H15N3O4S/c1-7(2)9(5-10(17)18)15-11(19)8-6-14-13-16(12(8)20)3-4-21-13/h3-4,6-7,9H,5H2,1-2H3,(H,15,19)(H,17,18). The number of fused-ring (bicyclic) bond motifs is 1. The van der Waals surface area contributed by atoms with Crippen LogP contribution >= 0.6 is 11.3 Å². The highest BCUT2D eigenvalue weighted by Crippen LogP contribution is 2.09. The second-order valence-electron chi connectivity index (χ2n) is 4.95. The van der Waals surface area contributed by atoms with Gasteiger partial charge in [-0.25, -0.2) is 4.98 Å². The lowest BCUT2D eigenvalue weighted by molar-refractivity contribution is -0.137. The number of hydrogen-bond acceptors (Lipinski definition) is 5. The predicted molar refractivity (Wildman–Crippen MR) is 77.7 cm³/mol. The SMILES string of the molecule is CC(C)C(CC(=O)O)NC(=O)c1cnc2sccn2c1=O. The Balaban J connectivity index is 2.27. The van der Waals surface area contributed by atoms with Crippen LogP contribution in [-0.2, 0) is 4.79 Å². The van der Waals surface area contributed by atoms with E-state index in [0.717, 1.165) is 0 Å². The lowest BCUT2D eigenvalue weighted by atomic mass is 10.0. The van der Waals surface area contributed by atoms with Crippen molar-refractivity contribution in [2.24, 2.45) is 5.92 Å². The summed E-state index contributed by atoms with van der Waals surface area (Å²) in [5, 5.41) is 13.1. The molecular weight excluding hydrogens is 294 g/mol. The molecule has 2 N–H and O–H groups in total. The third-order valence-electron chi connectivity index (χ3n) is 3.10. The largest absolute Gasteiger partial charge is 0.481 e. The maximum absolute atomic E-state index is 12.2. The van der Waals surface area contributed by atoms with Crippen LogP contribution in [0.3, 0.4) is 0 Å². The average molecular weight is 309 g/mol. The number of hydrogen-bond donors (Lipinski definition) is 2. The second-order valence-corrected chi connectivity index (χ2v) is 5.83. The van der Waals surface area contributed by atoms with Crippen LogP contribution < -0.4 is 10.9 Å². The zero-order valence-corrected chi connectivity index (χ0v) is 12.4. The zero-order chi connectivity index (χ0) is 15.6. The molecule has 0 spiro atoms. The number of carboxylic acid groups (broad SMARTS) is 1. The molecule has 0 saturated heterocycles. The monoisotopic (exact) mass is 309 g/mol. The van der Waals surface area contributed by atoms with Crippen molar-refractivity contribution in [3.8, 4) is 0 Å². The molecular formula is C13H15N3O4S. The van der Waals surface area contributed by atoms with E-state index in [1.54, 1.807) is 25.4 Å². The van der Waals surface area contributed by atoms with Crippen LogP contribution in [0.5, 0.6) is 0 Å². The molecule has 1 atom stereocenters. The molecule has 0 aliphatic rings. The van der Waals surface area contributed by atoms with Gasteiger partial charge in [-0.15, -0.1) is 11.3 Å². The number of thiazole rings is 1. The summed E-state index contributed by atoms with van der Waals surface area (Å²) < 4.78 is 1.29. The number of carbonyl (C=O) groups excluding carboxylic acids is 1. The average Bonchev–Trinajstić information content (AvgIpc) is 2.86. The van der Waals surface area contributed by atoms with E-state index in [4.69, 9.17) is 5.11 Å². The highest BCUT2D eigenvalue weighted by atomic mass is 32.1. The lowest BCUT2D eigenvalue weighted by Gasteiger charge is -2.20. The minimum atomic E-state index is -1.00. The number of amides is 1. The van der Waals surface area contributed by atoms with E-state index in [9.17, 15) is 14.4 Å². The molecule has 112 valence electrons. The van der Waals surface area contributed by atoms with Crippen molar-refractivity contribution in [1.29, 1.82) is 0 Å². The molecule has 0 radical (unpaired) electrons. The summed E-state index contributed by atoms with van der Waals surface area (Å²) in [6.07, 6.45) is 2.57. The number of aliphatic carboxylic acids is 1. The van der Waals surface area contributed by atoms with E-state index >= 15 is 0 Å². The van der Waals surface area contributed by atoms with Gasteiger partial charge >= 0.3 is 5.97 Å². The van der Waals surface area contributed by atoms with Crippen molar-refractivity contribution < 1.29 is 14.7 Å². The van der Waals surface area contributed by atoms with Gasteiger partial charge in [0.2, 0.25) is 0 Å². The fourth-order valence-corrected chi connectivity index (χ4v) is 2.54. The maximum atomic E-state index is 12.2. The Morgan fingerprint density at radius 3 is 2.81 bits per heavy atom. The first-order chi connectivity index (χ1) is 9.90. The number of rotatable bonds is 5. The van der Waals surface area contributed by atoms with Crippen LogP contribution in [0, 0.1) is 5.92 Å².